The second-order valence-electron chi connectivity index (χ2n) is 5.74. The molecule has 0 bridgehead atoms. The average Bonchev–Trinajstić information content (AvgIpc) is 2.98. The van der Waals surface area contributed by atoms with Crippen molar-refractivity contribution in [3.05, 3.63) is 24.4 Å². The predicted molar refractivity (Wildman–Crippen MR) is 78.2 cm³/mol. The highest BCUT2D eigenvalue weighted by Gasteiger charge is 2.31. The summed E-state index contributed by atoms with van der Waals surface area (Å²) in [7, 11) is 0. The molecule has 0 saturated carbocycles. The molecule has 1 saturated heterocycles. The minimum absolute atomic E-state index is 0.157. The Kier molecular flexibility index (Phi) is 3.40. The minimum atomic E-state index is 0.157. The lowest BCUT2D eigenvalue weighted by Crippen LogP contribution is -2.46. The van der Waals surface area contributed by atoms with Gasteiger partial charge in [-0.15, -0.1) is 5.10 Å². The fraction of sp³-hybridized carbons (Fsp3) is 0.500. The highest BCUT2D eigenvalue weighted by atomic mass is 15.4. The number of hydrogen-bond donors (Lipinski definition) is 2. The van der Waals surface area contributed by atoms with Crippen LogP contribution in [0.3, 0.4) is 0 Å². The first-order valence-electron chi connectivity index (χ1n) is 6.99. The smallest absolute Gasteiger partial charge is 0.245 e. The van der Waals surface area contributed by atoms with Gasteiger partial charge in [0.1, 0.15) is 5.69 Å². The lowest BCUT2D eigenvalue weighted by Gasteiger charge is -2.39. The molecule has 3 N–H and O–H groups in total. The van der Waals surface area contributed by atoms with E-state index in [1.165, 1.54) is 0 Å². The fourth-order valence-corrected chi connectivity index (χ4v) is 2.66. The molecule has 2 aromatic heterocycles. The summed E-state index contributed by atoms with van der Waals surface area (Å²) in [4.78, 5) is 11.0. The van der Waals surface area contributed by atoms with E-state index in [-0.39, 0.29) is 5.41 Å². The third-order valence-corrected chi connectivity index (χ3v) is 3.94. The van der Waals surface area contributed by atoms with Crippen LogP contribution in [0.15, 0.2) is 24.4 Å². The van der Waals surface area contributed by atoms with Gasteiger partial charge in [-0.1, -0.05) is 13.0 Å². The molecule has 3 rings (SSSR count). The lowest BCUT2D eigenvalue weighted by atomic mass is 9.82. The molecule has 1 aliphatic rings. The maximum atomic E-state index is 5.89. The van der Waals surface area contributed by atoms with E-state index >= 15 is 0 Å². The zero-order chi connectivity index (χ0) is 14.0. The van der Waals surface area contributed by atoms with Crippen LogP contribution in [0.1, 0.15) is 19.8 Å². The average molecular weight is 272 g/mol. The Balaban J connectivity index is 1.80. The van der Waals surface area contributed by atoms with Crippen molar-refractivity contribution in [1.29, 1.82) is 0 Å². The number of nitrogens with two attached hydrogens (primary N) is 1. The van der Waals surface area contributed by atoms with Gasteiger partial charge in [-0.25, -0.2) is 0 Å². The Morgan fingerprint density at radius 3 is 3.10 bits per heavy atom. The van der Waals surface area contributed by atoms with E-state index in [0.29, 0.717) is 12.4 Å². The van der Waals surface area contributed by atoms with Crippen molar-refractivity contribution in [3.8, 4) is 11.5 Å². The second-order valence-corrected chi connectivity index (χ2v) is 5.74. The molecule has 0 aromatic carbocycles. The second kappa shape index (κ2) is 5.20. The van der Waals surface area contributed by atoms with Crippen molar-refractivity contribution in [3.63, 3.8) is 0 Å². The number of aromatic nitrogens is 4. The van der Waals surface area contributed by atoms with Gasteiger partial charge in [0.15, 0.2) is 5.82 Å². The molecular weight excluding hydrogens is 252 g/mol. The number of aromatic amines is 1. The first-order valence-corrected chi connectivity index (χ1v) is 6.99. The normalized spacial score (nSPS) is 23.0. The van der Waals surface area contributed by atoms with Crippen molar-refractivity contribution in [2.24, 2.45) is 11.1 Å². The van der Waals surface area contributed by atoms with Crippen LogP contribution in [0, 0.1) is 5.41 Å². The highest BCUT2D eigenvalue weighted by molar-refractivity contribution is 5.50. The summed E-state index contributed by atoms with van der Waals surface area (Å²) < 4.78 is 0. The van der Waals surface area contributed by atoms with E-state index in [0.717, 1.165) is 37.6 Å². The van der Waals surface area contributed by atoms with E-state index in [1.807, 2.05) is 18.2 Å². The zero-order valence-corrected chi connectivity index (χ0v) is 11.7. The van der Waals surface area contributed by atoms with Crippen molar-refractivity contribution in [1.82, 2.24) is 20.2 Å². The van der Waals surface area contributed by atoms with Gasteiger partial charge >= 0.3 is 0 Å². The number of pyridine rings is 1. The molecule has 1 fully saturated rings. The summed E-state index contributed by atoms with van der Waals surface area (Å²) in [5.74, 6) is 1.45. The van der Waals surface area contributed by atoms with E-state index in [1.54, 1.807) is 6.20 Å². The molecule has 3 heterocycles. The molecule has 0 radical (unpaired) electrons. The summed E-state index contributed by atoms with van der Waals surface area (Å²) in [5, 5.41) is 7.29. The maximum absolute atomic E-state index is 5.89. The molecule has 1 aliphatic heterocycles. The topological polar surface area (TPSA) is 83.7 Å². The Hall–Kier alpha value is -1.95. The number of anilines is 1. The molecule has 1 atom stereocenters. The molecule has 20 heavy (non-hydrogen) atoms. The monoisotopic (exact) mass is 272 g/mol. The Bertz CT molecular complexity index is 566. The van der Waals surface area contributed by atoms with Gasteiger partial charge in [-0.05, 0) is 36.9 Å². The molecule has 6 nitrogen and oxygen atoms in total. The van der Waals surface area contributed by atoms with E-state index in [2.05, 4.69) is 32.0 Å². The summed E-state index contributed by atoms with van der Waals surface area (Å²) >= 11 is 0. The first-order chi connectivity index (χ1) is 9.70. The lowest BCUT2D eigenvalue weighted by molar-refractivity contribution is 0.270. The number of hydrogen-bond acceptors (Lipinski definition) is 5. The van der Waals surface area contributed by atoms with Crippen LogP contribution in [0.4, 0.5) is 5.95 Å². The number of nitrogens with zero attached hydrogens (tertiary/aromatic N) is 4. The molecule has 0 aliphatic carbocycles. The molecule has 106 valence electrons. The third-order valence-electron chi connectivity index (χ3n) is 3.94. The molecule has 6 heteroatoms. The van der Waals surface area contributed by atoms with Crippen molar-refractivity contribution in [2.45, 2.75) is 19.8 Å². The maximum Gasteiger partial charge on any atom is 0.245 e. The Morgan fingerprint density at radius 1 is 1.45 bits per heavy atom. The number of H-pyrrole nitrogens is 1. The predicted octanol–water partition coefficient (Wildman–Crippen LogP) is 1.43. The van der Waals surface area contributed by atoms with Crippen molar-refractivity contribution >= 4 is 5.95 Å². The van der Waals surface area contributed by atoms with Gasteiger partial charge in [0.2, 0.25) is 5.95 Å². The van der Waals surface area contributed by atoms with Gasteiger partial charge in [0, 0.05) is 19.3 Å². The highest BCUT2D eigenvalue weighted by Crippen LogP contribution is 2.30. The quantitative estimate of drug-likeness (QED) is 0.883. The van der Waals surface area contributed by atoms with E-state index in [4.69, 9.17) is 5.73 Å². The molecule has 0 amide bonds. The first kappa shape index (κ1) is 13.1. The molecule has 0 spiro atoms. The number of piperidine rings is 1. The van der Waals surface area contributed by atoms with Gasteiger partial charge in [-0.2, -0.15) is 4.98 Å². The molecule has 2 aromatic rings. The standard InChI is InChI=1S/C14H20N6/c1-14(9-15)6-4-8-20(10-14)13-17-12(18-19-13)11-5-2-3-7-16-11/h2-3,5,7H,4,6,8-10,15H2,1H3,(H,17,18,19). The van der Waals surface area contributed by atoms with Crippen LogP contribution in [0.5, 0.6) is 0 Å². The Labute approximate surface area is 118 Å². The van der Waals surface area contributed by atoms with Crippen LogP contribution in [0.2, 0.25) is 0 Å². The summed E-state index contributed by atoms with van der Waals surface area (Å²) in [6.45, 7) is 4.81. The van der Waals surface area contributed by atoms with Crippen LogP contribution in [-0.4, -0.2) is 39.8 Å². The molecule has 1 unspecified atom stereocenters. The van der Waals surface area contributed by atoms with Gasteiger partial charge in [0.05, 0.1) is 0 Å². The summed E-state index contributed by atoms with van der Waals surface area (Å²) in [6.07, 6.45) is 4.04. The van der Waals surface area contributed by atoms with Crippen molar-refractivity contribution < 1.29 is 0 Å². The van der Waals surface area contributed by atoms with Crippen LogP contribution >= 0.6 is 0 Å². The summed E-state index contributed by atoms with van der Waals surface area (Å²) in [5.41, 5.74) is 6.86. The fourth-order valence-electron chi connectivity index (χ4n) is 2.66. The number of rotatable bonds is 3. The zero-order valence-electron chi connectivity index (χ0n) is 11.7. The largest absolute Gasteiger partial charge is 0.339 e. The van der Waals surface area contributed by atoms with Crippen LogP contribution in [-0.2, 0) is 0 Å². The van der Waals surface area contributed by atoms with Crippen LogP contribution < -0.4 is 10.6 Å². The SMILES string of the molecule is CC1(CN)CCCN(c2n[nH]c(-c3ccccn3)n2)C1. The van der Waals surface area contributed by atoms with Gasteiger partial charge in [-0.3, -0.25) is 10.1 Å². The van der Waals surface area contributed by atoms with Crippen molar-refractivity contribution in [2.75, 3.05) is 24.5 Å². The Morgan fingerprint density at radius 2 is 2.35 bits per heavy atom. The van der Waals surface area contributed by atoms with E-state index in [9.17, 15) is 0 Å². The van der Waals surface area contributed by atoms with E-state index < -0.39 is 0 Å². The van der Waals surface area contributed by atoms with Gasteiger partial charge < -0.3 is 10.6 Å². The number of nitrogens with one attached hydrogen (secondary N) is 1. The molecular formula is C14H20N6. The third kappa shape index (κ3) is 2.51. The summed E-state index contributed by atoms with van der Waals surface area (Å²) in [6, 6.07) is 5.75. The minimum Gasteiger partial charge on any atom is -0.339 e. The van der Waals surface area contributed by atoms with Crippen LogP contribution in [0.25, 0.3) is 11.5 Å². The van der Waals surface area contributed by atoms with Gasteiger partial charge in [0.25, 0.3) is 0 Å².